The second-order valence-corrected chi connectivity index (χ2v) is 12.5. The van der Waals surface area contributed by atoms with E-state index in [0.717, 1.165) is 36.5 Å². The Kier molecular flexibility index (Phi) is 7.39. The van der Waals surface area contributed by atoms with Crippen molar-refractivity contribution < 1.29 is 14.7 Å². The number of allylic oxidation sites excluding steroid dienone is 1. The Balaban J connectivity index is 1.03. The average molecular weight is 471 g/mol. The largest absolute Gasteiger partial charge is 0.380 e. The zero-order valence-corrected chi connectivity index (χ0v) is 21.2. The molecule has 1 heterocycles. The third-order valence-corrected chi connectivity index (χ3v) is 9.99. The van der Waals surface area contributed by atoms with Gasteiger partial charge in [-0.15, -0.1) is 0 Å². The van der Waals surface area contributed by atoms with E-state index in [-0.39, 0.29) is 11.8 Å². The van der Waals surface area contributed by atoms with Crippen LogP contribution < -0.4 is 0 Å². The molecule has 5 aliphatic rings. The predicted octanol–water partition coefficient (Wildman–Crippen LogP) is 4.93. The summed E-state index contributed by atoms with van der Waals surface area (Å²) >= 11 is 0. The quantitative estimate of drug-likeness (QED) is 0.537. The molecule has 2 atom stereocenters. The summed E-state index contributed by atoms with van der Waals surface area (Å²) in [5.41, 5.74) is 0.421. The third-order valence-electron chi connectivity index (χ3n) is 9.99. The van der Waals surface area contributed by atoms with Crippen molar-refractivity contribution in [2.75, 3.05) is 26.2 Å². The van der Waals surface area contributed by atoms with Gasteiger partial charge in [0.2, 0.25) is 5.91 Å². The first kappa shape index (κ1) is 24.3. The fraction of sp³-hybridized carbons (Fsp3) is 0.862. The maximum atomic E-state index is 13.2. The normalized spacial score (nSPS) is 33.8. The molecule has 4 aliphatic carbocycles. The van der Waals surface area contributed by atoms with Gasteiger partial charge >= 0.3 is 0 Å². The molecule has 1 N–H and O–H groups in total. The van der Waals surface area contributed by atoms with Gasteiger partial charge in [0, 0.05) is 32.1 Å². The lowest BCUT2D eigenvalue weighted by molar-refractivity contribution is -0.148. The predicted molar refractivity (Wildman–Crippen MR) is 134 cm³/mol. The second-order valence-electron chi connectivity index (χ2n) is 12.5. The summed E-state index contributed by atoms with van der Waals surface area (Å²) in [5, 5.41) is 10.1. The third kappa shape index (κ3) is 5.55. The van der Waals surface area contributed by atoms with E-state index >= 15 is 0 Å². The highest BCUT2D eigenvalue weighted by atomic mass is 16.3. The molecule has 2 unspecified atom stereocenters. The minimum atomic E-state index is -1.09. The van der Waals surface area contributed by atoms with Crippen LogP contribution in [0.1, 0.15) is 96.3 Å². The molecular weight excluding hydrogens is 424 g/mol. The van der Waals surface area contributed by atoms with Crippen molar-refractivity contribution in [2.24, 2.45) is 29.6 Å². The Morgan fingerprint density at radius 3 is 1.97 bits per heavy atom. The molecule has 5 rings (SSSR count). The van der Waals surface area contributed by atoms with E-state index in [1.54, 1.807) is 4.90 Å². The number of amides is 2. The van der Waals surface area contributed by atoms with E-state index in [1.807, 2.05) is 4.90 Å². The van der Waals surface area contributed by atoms with Crippen LogP contribution in [0.25, 0.3) is 0 Å². The highest BCUT2D eigenvalue weighted by Gasteiger charge is 2.50. The topological polar surface area (TPSA) is 60.9 Å². The molecule has 0 spiro atoms. The smallest absolute Gasteiger partial charge is 0.254 e. The van der Waals surface area contributed by atoms with E-state index in [0.29, 0.717) is 44.9 Å². The molecule has 0 radical (unpaired) electrons. The van der Waals surface area contributed by atoms with Crippen LogP contribution in [0.4, 0.5) is 0 Å². The number of nitrogens with zero attached hydrogens (tertiary/aromatic N) is 2. The van der Waals surface area contributed by atoms with Crippen molar-refractivity contribution in [3.8, 4) is 0 Å². The van der Waals surface area contributed by atoms with E-state index in [4.69, 9.17) is 0 Å². The van der Waals surface area contributed by atoms with Gasteiger partial charge in [-0.05, 0) is 81.5 Å². The fourth-order valence-corrected chi connectivity index (χ4v) is 7.40. The van der Waals surface area contributed by atoms with Crippen LogP contribution in [-0.4, -0.2) is 58.5 Å². The van der Waals surface area contributed by atoms with Crippen LogP contribution in [0.5, 0.6) is 0 Å². The molecular formula is C29H46N2O3. The Morgan fingerprint density at radius 2 is 1.35 bits per heavy atom. The average Bonchev–Trinajstić information content (AvgIpc) is 3.59. The highest BCUT2D eigenvalue weighted by molar-refractivity contribution is 5.88. The van der Waals surface area contributed by atoms with Crippen molar-refractivity contribution in [1.29, 1.82) is 0 Å². The van der Waals surface area contributed by atoms with E-state index < -0.39 is 5.60 Å². The second kappa shape index (κ2) is 10.3. The maximum absolute atomic E-state index is 13.2. The molecule has 0 aromatic rings. The van der Waals surface area contributed by atoms with E-state index in [9.17, 15) is 14.7 Å². The lowest BCUT2D eigenvalue weighted by atomic mass is 9.67. The molecule has 1 saturated heterocycles. The molecule has 5 heteroatoms. The number of hydrogen-bond acceptors (Lipinski definition) is 3. The zero-order valence-electron chi connectivity index (χ0n) is 21.2. The molecule has 0 aromatic carbocycles. The number of carbonyl (C=O) groups excluding carboxylic acids is 2. The van der Waals surface area contributed by atoms with Gasteiger partial charge < -0.3 is 14.9 Å². The summed E-state index contributed by atoms with van der Waals surface area (Å²) in [6.45, 7) is 6.81. The van der Waals surface area contributed by atoms with Gasteiger partial charge in [-0.3, -0.25) is 9.59 Å². The summed E-state index contributed by atoms with van der Waals surface area (Å²) in [4.78, 5) is 29.3. The minimum absolute atomic E-state index is 0.127. The van der Waals surface area contributed by atoms with Gasteiger partial charge in [0.15, 0.2) is 0 Å². The Morgan fingerprint density at radius 1 is 0.765 bits per heavy atom. The van der Waals surface area contributed by atoms with E-state index in [1.165, 1.54) is 76.2 Å². The first-order chi connectivity index (χ1) is 16.4. The summed E-state index contributed by atoms with van der Waals surface area (Å²) in [5.74, 6) is 3.80. The first-order valence-corrected chi connectivity index (χ1v) is 14.4. The first-order valence-electron chi connectivity index (χ1n) is 14.4. The van der Waals surface area contributed by atoms with Crippen LogP contribution in [-0.2, 0) is 9.59 Å². The Hall–Kier alpha value is -1.36. The van der Waals surface area contributed by atoms with Crippen LogP contribution >= 0.6 is 0 Å². The van der Waals surface area contributed by atoms with Gasteiger partial charge in [0.05, 0.1) is 0 Å². The van der Waals surface area contributed by atoms with Crippen molar-refractivity contribution >= 4 is 11.8 Å². The van der Waals surface area contributed by atoms with Crippen LogP contribution in [0.15, 0.2) is 12.2 Å². The van der Waals surface area contributed by atoms with Crippen molar-refractivity contribution in [1.82, 2.24) is 9.80 Å². The van der Waals surface area contributed by atoms with E-state index in [2.05, 4.69) is 6.58 Å². The number of aliphatic hydroxyl groups is 1. The summed E-state index contributed by atoms with van der Waals surface area (Å²) in [6.07, 6.45) is 18.0. The number of piperazine rings is 1. The van der Waals surface area contributed by atoms with Gasteiger partial charge in [0.1, 0.15) is 5.60 Å². The molecule has 5 nitrogen and oxygen atoms in total. The lowest BCUT2D eigenvalue weighted by Gasteiger charge is -2.41. The number of carbonyl (C=O) groups is 2. The van der Waals surface area contributed by atoms with Gasteiger partial charge in [-0.2, -0.15) is 0 Å². The molecule has 5 fully saturated rings. The van der Waals surface area contributed by atoms with Crippen LogP contribution in [0, 0.1) is 29.6 Å². The summed E-state index contributed by atoms with van der Waals surface area (Å²) < 4.78 is 0. The number of hydrogen-bond donors (Lipinski definition) is 1. The van der Waals surface area contributed by atoms with Gasteiger partial charge in [0.25, 0.3) is 5.91 Å². The standard InChI is InChI=1S/C29H46N2O3/c1-21(18-22-4-2-5-22)19-23-6-3-7-26(20-23)24-8-10-25(11-9-24)27(32)30-14-16-31(17-15-30)28(33)29(34)12-13-29/h22-26,34H,1-20H2. The SMILES string of the molecule is C=C(CC1CCC1)CC1CCCC(C2CCC(C(=O)N3CCN(C(=O)C4(O)CC4)CC3)CC2)C1. The van der Waals surface area contributed by atoms with Crippen molar-refractivity contribution in [3.05, 3.63) is 12.2 Å². The molecule has 0 aromatic heterocycles. The van der Waals surface area contributed by atoms with Crippen LogP contribution in [0.2, 0.25) is 0 Å². The molecule has 4 saturated carbocycles. The number of rotatable bonds is 7. The Labute approximate surface area is 206 Å². The molecule has 2 amide bonds. The minimum Gasteiger partial charge on any atom is -0.380 e. The Bertz CT molecular complexity index is 755. The maximum Gasteiger partial charge on any atom is 0.254 e. The zero-order chi connectivity index (χ0) is 23.7. The summed E-state index contributed by atoms with van der Waals surface area (Å²) in [6, 6.07) is 0. The molecule has 0 bridgehead atoms. The van der Waals surface area contributed by atoms with Crippen molar-refractivity contribution in [3.63, 3.8) is 0 Å². The lowest BCUT2D eigenvalue weighted by Crippen LogP contribution is -2.54. The van der Waals surface area contributed by atoms with Crippen molar-refractivity contribution in [2.45, 2.75) is 102 Å². The molecule has 190 valence electrons. The highest BCUT2D eigenvalue weighted by Crippen LogP contribution is 2.44. The monoisotopic (exact) mass is 470 g/mol. The van der Waals surface area contributed by atoms with Gasteiger partial charge in [-0.1, -0.05) is 50.7 Å². The molecule has 34 heavy (non-hydrogen) atoms. The molecule has 1 aliphatic heterocycles. The fourth-order valence-electron chi connectivity index (χ4n) is 7.40. The van der Waals surface area contributed by atoms with Crippen LogP contribution in [0.3, 0.4) is 0 Å². The van der Waals surface area contributed by atoms with Gasteiger partial charge in [-0.25, -0.2) is 0 Å². The summed E-state index contributed by atoms with van der Waals surface area (Å²) in [7, 11) is 0.